The van der Waals surface area contributed by atoms with Crippen LogP contribution < -0.4 is 5.32 Å². The van der Waals surface area contributed by atoms with Gasteiger partial charge in [0, 0.05) is 18.3 Å². The van der Waals surface area contributed by atoms with Crippen molar-refractivity contribution in [3.05, 3.63) is 0 Å². The Hall–Kier alpha value is 0.310. The van der Waals surface area contributed by atoms with Crippen molar-refractivity contribution in [3.63, 3.8) is 0 Å². The van der Waals surface area contributed by atoms with E-state index in [1.165, 1.54) is 44.4 Å². The summed E-state index contributed by atoms with van der Waals surface area (Å²) in [6, 6.07) is 0.795. The van der Waals surface area contributed by atoms with Gasteiger partial charge in [-0.3, -0.25) is 0 Å². The van der Waals surface area contributed by atoms with E-state index >= 15 is 0 Å². The second-order valence-electron chi connectivity index (χ2n) is 5.24. The summed E-state index contributed by atoms with van der Waals surface area (Å²) in [5, 5.41) is 3.68. The molecule has 0 spiro atoms. The molecule has 1 atom stereocenters. The smallest absolute Gasteiger partial charge is 0.00676 e. The van der Waals surface area contributed by atoms with E-state index in [4.69, 9.17) is 0 Å². The number of nitrogens with one attached hydrogen (secondary N) is 1. The molecule has 0 aromatic rings. The summed E-state index contributed by atoms with van der Waals surface area (Å²) in [7, 11) is 0. The number of thioether (sulfide) groups is 1. The molecule has 0 bridgehead atoms. The largest absolute Gasteiger partial charge is 0.313 e. The van der Waals surface area contributed by atoms with E-state index in [9.17, 15) is 0 Å². The fourth-order valence-electron chi connectivity index (χ4n) is 2.23. The first-order chi connectivity index (χ1) is 6.64. The topological polar surface area (TPSA) is 12.0 Å². The lowest BCUT2D eigenvalue weighted by Crippen LogP contribution is -2.30. The fourth-order valence-corrected chi connectivity index (χ4v) is 2.55. The Labute approximate surface area is 93.4 Å². The van der Waals surface area contributed by atoms with Gasteiger partial charge in [0.2, 0.25) is 0 Å². The summed E-state index contributed by atoms with van der Waals surface area (Å²) in [5.74, 6) is 1.25. The van der Waals surface area contributed by atoms with Crippen LogP contribution in [0.5, 0.6) is 0 Å². The van der Waals surface area contributed by atoms with Crippen LogP contribution in [-0.2, 0) is 0 Å². The molecule has 1 aliphatic carbocycles. The third kappa shape index (κ3) is 4.70. The van der Waals surface area contributed by atoms with Gasteiger partial charge in [-0.05, 0) is 37.4 Å². The van der Waals surface area contributed by atoms with Crippen molar-refractivity contribution in [1.29, 1.82) is 0 Å². The van der Waals surface area contributed by atoms with E-state index in [0.29, 0.717) is 5.41 Å². The molecule has 0 amide bonds. The fraction of sp³-hybridized carbons (Fsp3) is 1.00. The summed E-state index contributed by atoms with van der Waals surface area (Å²) >= 11 is 1.93. The summed E-state index contributed by atoms with van der Waals surface area (Å²) in [4.78, 5) is 0. The Morgan fingerprint density at radius 2 is 2.07 bits per heavy atom. The lowest BCUT2D eigenvalue weighted by Gasteiger charge is -2.22. The van der Waals surface area contributed by atoms with Gasteiger partial charge in [-0.15, -0.1) is 0 Å². The van der Waals surface area contributed by atoms with Crippen LogP contribution in [-0.4, -0.2) is 24.6 Å². The molecule has 0 heterocycles. The summed E-state index contributed by atoms with van der Waals surface area (Å²) in [5.41, 5.74) is 0.593. The molecule has 0 aliphatic heterocycles. The average Bonchev–Trinajstić information content (AvgIpc) is 2.28. The van der Waals surface area contributed by atoms with Crippen molar-refractivity contribution in [2.45, 2.75) is 52.0 Å². The van der Waals surface area contributed by atoms with Crippen molar-refractivity contribution in [1.82, 2.24) is 5.32 Å². The summed E-state index contributed by atoms with van der Waals surface area (Å²) in [6.07, 6.45) is 9.15. The SMILES string of the molecule is CSCCNC1CCCC(C)(C)CC1. The molecule has 84 valence electrons. The highest BCUT2D eigenvalue weighted by molar-refractivity contribution is 7.98. The van der Waals surface area contributed by atoms with Crippen molar-refractivity contribution in [3.8, 4) is 0 Å². The minimum atomic E-state index is 0.593. The summed E-state index contributed by atoms with van der Waals surface area (Å²) in [6.45, 7) is 6.01. The number of hydrogen-bond donors (Lipinski definition) is 1. The van der Waals surface area contributed by atoms with Gasteiger partial charge in [-0.2, -0.15) is 11.8 Å². The van der Waals surface area contributed by atoms with Crippen LogP contribution >= 0.6 is 11.8 Å². The van der Waals surface area contributed by atoms with E-state index in [2.05, 4.69) is 25.4 Å². The number of rotatable bonds is 4. The molecular weight excluding hydrogens is 190 g/mol. The van der Waals surface area contributed by atoms with Crippen LogP contribution in [0.1, 0.15) is 46.0 Å². The molecule has 1 unspecified atom stereocenters. The Bertz CT molecular complexity index is 156. The Morgan fingerprint density at radius 3 is 2.79 bits per heavy atom. The quantitative estimate of drug-likeness (QED) is 0.570. The third-order valence-electron chi connectivity index (χ3n) is 3.31. The van der Waals surface area contributed by atoms with Crippen LogP contribution in [0.3, 0.4) is 0 Å². The zero-order valence-corrected chi connectivity index (χ0v) is 10.8. The van der Waals surface area contributed by atoms with E-state index in [0.717, 1.165) is 6.04 Å². The Balaban J connectivity index is 2.21. The second kappa shape index (κ2) is 6.02. The molecule has 14 heavy (non-hydrogen) atoms. The zero-order valence-electron chi connectivity index (χ0n) is 9.94. The van der Waals surface area contributed by atoms with Gasteiger partial charge in [0.05, 0.1) is 0 Å². The molecule has 1 N–H and O–H groups in total. The van der Waals surface area contributed by atoms with E-state index in [-0.39, 0.29) is 0 Å². The Kier molecular flexibility index (Phi) is 5.32. The van der Waals surface area contributed by atoms with Crippen molar-refractivity contribution in [2.75, 3.05) is 18.6 Å². The second-order valence-corrected chi connectivity index (χ2v) is 6.22. The molecule has 0 radical (unpaired) electrons. The maximum Gasteiger partial charge on any atom is 0.00676 e. The standard InChI is InChI=1S/C12H25NS/c1-12(2)7-4-5-11(6-8-12)13-9-10-14-3/h11,13H,4-10H2,1-3H3. The minimum absolute atomic E-state index is 0.593. The maximum atomic E-state index is 3.68. The first-order valence-corrected chi connectivity index (χ1v) is 7.26. The molecule has 2 heteroatoms. The van der Waals surface area contributed by atoms with Crippen LogP contribution in [0.2, 0.25) is 0 Å². The third-order valence-corrected chi connectivity index (χ3v) is 3.93. The highest BCUT2D eigenvalue weighted by atomic mass is 32.2. The van der Waals surface area contributed by atoms with Crippen LogP contribution in [0.4, 0.5) is 0 Å². The molecular formula is C12H25NS. The minimum Gasteiger partial charge on any atom is -0.313 e. The van der Waals surface area contributed by atoms with Crippen molar-refractivity contribution in [2.24, 2.45) is 5.41 Å². The summed E-state index contributed by atoms with van der Waals surface area (Å²) < 4.78 is 0. The highest BCUT2D eigenvalue weighted by Crippen LogP contribution is 2.33. The molecule has 1 rings (SSSR count). The normalized spacial score (nSPS) is 27.2. The van der Waals surface area contributed by atoms with Crippen molar-refractivity contribution < 1.29 is 0 Å². The van der Waals surface area contributed by atoms with E-state index in [1.807, 2.05) is 11.8 Å². The van der Waals surface area contributed by atoms with Gasteiger partial charge in [0.25, 0.3) is 0 Å². The zero-order chi connectivity index (χ0) is 10.4. The van der Waals surface area contributed by atoms with Gasteiger partial charge < -0.3 is 5.32 Å². The van der Waals surface area contributed by atoms with Gasteiger partial charge >= 0.3 is 0 Å². The van der Waals surface area contributed by atoms with Crippen molar-refractivity contribution >= 4 is 11.8 Å². The molecule has 1 fully saturated rings. The first kappa shape index (κ1) is 12.4. The molecule has 1 saturated carbocycles. The monoisotopic (exact) mass is 215 g/mol. The van der Waals surface area contributed by atoms with Crippen LogP contribution in [0.15, 0.2) is 0 Å². The first-order valence-electron chi connectivity index (χ1n) is 5.86. The van der Waals surface area contributed by atoms with Gasteiger partial charge in [0.15, 0.2) is 0 Å². The highest BCUT2D eigenvalue weighted by Gasteiger charge is 2.23. The van der Waals surface area contributed by atoms with Crippen LogP contribution in [0, 0.1) is 5.41 Å². The predicted octanol–water partition coefficient (Wildman–Crippen LogP) is 3.30. The van der Waals surface area contributed by atoms with E-state index < -0.39 is 0 Å². The molecule has 0 aromatic carbocycles. The lowest BCUT2D eigenvalue weighted by molar-refractivity contribution is 0.310. The molecule has 0 saturated heterocycles. The molecule has 0 aromatic heterocycles. The number of hydrogen-bond acceptors (Lipinski definition) is 2. The van der Waals surface area contributed by atoms with Crippen LogP contribution in [0.25, 0.3) is 0 Å². The van der Waals surface area contributed by atoms with E-state index in [1.54, 1.807) is 0 Å². The maximum absolute atomic E-state index is 3.68. The predicted molar refractivity (Wildman–Crippen MR) is 67.0 cm³/mol. The molecule has 1 aliphatic rings. The van der Waals surface area contributed by atoms with Gasteiger partial charge in [0.1, 0.15) is 0 Å². The average molecular weight is 215 g/mol. The Morgan fingerprint density at radius 1 is 1.29 bits per heavy atom. The molecule has 1 nitrogen and oxygen atoms in total. The van der Waals surface area contributed by atoms with Gasteiger partial charge in [-0.1, -0.05) is 20.3 Å². The lowest BCUT2D eigenvalue weighted by atomic mass is 9.85. The van der Waals surface area contributed by atoms with Gasteiger partial charge in [-0.25, -0.2) is 0 Å².